The van der Waals surface area contributed by atoms with E-state index in [4.69, 9.17) is 33.8 Å². The van der Waals surface area contributed by atoms with E-state index in [1.165, 1.54) is 0 Å². The van der Waals surface area contributed by atoms with Crippen LogP contribution in [0.1, 0.15) is 0 Å². The van der Waals surface area contributed by atoms with Crippen molar-refractivity contribution in [3.05, 3.63) is 176 Å². The molecule has 0 spiro atoms. The fourth-order valence-corrected chi connectivity index (χ4v) is 7.45. The minimum absolute atomic E-state index is 0.532. The number of rotatable bonds is 6. The third kappa shape index (κ3) is 5.41. The summed E-state index contributed by atoms with van der Waals surface area (Å²) in [7, 11) is 0. The number of aromatic nitrogens is 5. The van der Waals surface area contributed by atoms with Crippen LogP contribution < -0.4 is 0 Å². The summed E-state index contributed by atoms with van der Waals surface area (Å²) in [4.78, 5) is 25.7. The first-order valence-electron chi connectivity index (χ1n) is 18.4. The molecule has 11 rings (SSSR count). The summed E-state index contributed by atoms with van der Waals surface area (Å²) in [6.45, 7) is 0. The normalized spacial score (nSPS) is 11.6. The highest BCUT2D eigenvalue weighted by Gasteiger charge is 2.21. The van der Waals surface area contributed by atoms with Gasteiger partial charge < -0.3 is 8.83 Å². The molecule has 262 valence electrons. The lowest BCUT2D eigenvalue weighted by molar-refractivity contribution is 0.667. The molecule has 0 aliphatic carbocycles. The van der Waals surface area contributed by atoms with Gasteiger partial charge in [-0.15, -0.1) is 0 Å². The van der Waals surface area contributed by atoms with Crippen molar-refractivity contribution in [2.24, 2.45) is 0 Å². The van der Waals surface area contributed by atoms with Crippen LogP contribution in [0.3, 0.4) is 0 Å². The first kappa shape index (κ1) is 31.7. The van der Waals surface area contributed by atoms with E-state index in [0.717, 1.165) is 83.1 Å². The van der Waals surface area contributed by atoms with Gasteiger partial charge in [-0.3, -0.25) is 0 Å². The van der Waals surface area contributed by atoms with Crippen molar-refractivity contribution < 1.29 is 8.83 Å². The van der Waals surface area contributed by atoms with Gasteiger partial charge in [0.1, 0.15) is 28.0 Å². The van der Waals surface area contributed by atoms with Crippen molar-refractivity contribution in [1.82, 2.24) is 24.9 Å². The molecular weight excluding hydrogens is 691 g/mol. The van der Waals surface area contributed by atoms with Crippen molar-refractivity contribution >= 4 is 44.0 Å². The van der Waals surface area contributed by atoms with E-state index in [2.05, 4.69) is 36.4 Å². The Morgan fingerprint density at radius 3 is 1.54 bits per heavy atom. The maximum atomic E-state index is 6.41. The molecule has 7 heteroatoms. The molecule has 0 atom stereocenters. The summed E-state index contributed by atoms with van der Waals surface area (Å²) in [5, 5.41) is 3.02. The maximum absolute atomic E-state index is 6.41. The molecule has 0 aliphatic rings. The molecule has 0 N–H and O–H groups in total. The van der Waals surface area contributed by atoms with E-state index in [1.807, 2.05) is 140 Å². The Hall–Kier alpha value is -7.77. The highest BCUT2D eigenvalue weighted by Crippen LogP contribution is 2.40. The van der Waals surface area contributed by atoms with Gasteiger partial charge in [-0.1, -0.05) is 140 Å². The monoisotopic (exact) mass is 719 g/mol. The highest BCUT2D eigenvalue weighted by atomic mass is 16.3. The Kier molecular flexibility index (Phi) is 7.35. The van der Waals surface area contributed by atoms with E-state index in [1.54, 1.807) is 0 Å². The largest absolute Gasteiger partial charge is 0.456 e. The predicted octanol–water partition coefficient (Wildman–Crippen LogP) is 12.5. The Morgan fingerprint density at radius 1 is 0.304 bits per heavy atom. The number of para-hydroxylation sites is 2. The molecule has 0 fully saturated rings. The van der Waals surface area contributed by atoms with Crippen molar-refractivity contribution in [2.45, 2.75) is 0 Å². The van der Waals surface area contributed by atoms with E-state index in [0.29, 0.717) is 28.9 Å². The van der Waals surface area contributed by atoms with Gasteiger partial charge in [0.15, 0.2) is 28.9 Å². The third-order valence-electron chi connectivity index (χ3n) is 10.2. The molecule has 0 bridgehead atoms. The summed E-state index contributed by atoms with van der Waals surface area (Å²) in [5.74, 6) is 2.25. The average Bonchev–Trinajstić information content (AvgIpc) is 3.85. The van der Waals surface area contributed by atoms with Crippen LogP contribution in [0.25, 0.3) is 112 Å². The number of benzene rings is 7. The molecule has 0 saturated carbocycles. The molecule has 0 amide bonds. The summed E-state index contributed by atoms with van der Waals surface area (Å²) >= 11 is 0. The summed E-state index contributed by atoms with van der Waals surface area (Å²) in [6, 6.07) is 58.9. The average molecular weight is 720 g/mol. The van der Waals surface area contributed by atoms with Gasteiger partial charge in [0.25, 0.3) is 0 Å². The minimum Gasteiger partial charge on any atom is -0.456 e. The SMILES string of the molecule is c1ccc(-c2nc(-c3ccccc3)nc(-c3cc(-c4nc(-c5ccccc5)c5oc6ccccc6c5n4)ccc3-c3ccc4oc5ccccc5c4c3)n2)cc1. The molecular formula is C49H29N5O2. The molecule has 7 aromatic carbocycles. The Labute approximate surface area is 320 Å². The van der Waals surface area contributed by atoms with Gasteiger partial charge in [-0.2, -0.15) is 0 Å². The smallest absolute Gasteiger partial charge is 0.180 e. The van der Waals surface area contributed by atoms with Crippen LogP contribution in [0.15, 0.2) is 185 Å². The van der Waals surface area contributed by atoms with Crippen LogP contribution in [0.5, 0.6) is 0 Å². The third-order valence-corrected chi connectivity index (χ3v) is 10.2. The first-order chi connectivity index (χ1) is 27.7. The lowest BCUT2D eigenvalue weighted by Crippen LogP contribution is -2.02. The second-order valence-electron chi connectivity index (χ2n) is 13.6. The van der Waals surface area contributed by atoms with Crippen molar-refractivity contribution in [3.63, 3.8) is 0 Å². The van der Waals surface area contributed by atoms with E-state index >= 15 is 0 Å². The van der Waals surface area contributed by atoms with Crippen LogP contribution in [-0.2, 0) is 0 Å². The Morgan fingerprint density at radius 2 is 0.839 bits per heavy atom. The standard InChI is InChI=1S/C49H29N5O2/c1-4-14-30(15-5-1)43-45-44(37-21-11-13-23-41(37)56-45)51-48(50-43)34-24-26-35(33-25-27-42-38(28-33)36-20-10-12-22-40(36)55-42)39(29-34)49-53-46(31-16-6-2-7-17-31)52-47(54-49)32-18-8-3-9-19-32/h1-29H. The fourth-order valence-electron chi connectivity index (χ4n) is 7.45. The van der Waals surface area contributed by atoms with E-state index < -0.39 is 0 Å². The van der Waals surface area contributed by atoms with Gasteiger partial charge in [0, 0.05) is 44.0 Å². The second-order valence-corrected chi connectivity index (χ2v) is 13.6. The molecule has 7 nitrogen and oxygen atoms in total. The van der Waals surface area contributed by atoms with Crippen LogP contribution in [-0.4, -0.2) is 24.9 Å². The number of hydrogen-bond donors (Lipinski definition) is 0. The summed E-state index contributed by atoms with van der Waals surface area (Å²) in [5.41, 5.74) is 10.9. The van der Waals surface area contributed by atoms with E-state index in [-0.39, 0.29) is 0 Å². The highest BCUT2D eigenvalue weighted by molar-refractivity contribution is 6.08. The van der Waals surface area contributed by atoms with Crippen molar-refractivity contribution in [1.29, 1.82) is 0 Å². The number of nitrogens with zero attached hydrogens (tertiary/aromatic N) is 5. The van der Waals surface area contributed by atoms with Crippen molar-refractivity contribution in [3.8, 4) is 67.9 Å². The topological polar surface area (TPSA) is 90.7 Å². The fraction of sp³-hybridized carbons (Fsp3) is 0. The van der Waals surface area contributed by atoms with Crippen molar-refractivity contribution in [2.75, 3.05) is 0 Å². The lowest BCUT2D eigenvalue weighted by Gasteiger charge is -2.14. The zero-order valence-corrected chi connectivity index (χ0v) is 29.8. The summed E-state index contributed by atoms with van der Waals surface area (Å²) in [6.07, 6.45) is 0. The van der Waals surface area contributed by atoms with E-state index in [9.17, 15) is 0 Å². The predicted molar refractivity (Wildman–Crippen MR) is 223 cm³/mol. The van der Waals surface area contributed by atoms with Gasteiger partial charge in [0.2, 0.25) is 0 Å². The molecule has 56 heavy (non-hydrogen) atoms. The zero-order chi connectivity index (χ0) is 37.0. The summed E-state index contributed by atoms with van der Waals surface area (Å²) < 4.78 is 12.6. The maximum Gasteiger partial charge on any atom is 0.180 e. The zero-order valence-electron chi connectivity index (χ0n) is 29.8. The Bertz CT molecular complexity index is 3190. The molecule has 0 unspecified atom stereocenters. The van der Waals surface area contributed by atoms with Gasteiger partial charge in [-0.25, -0.2) is 24.9 Å². The number of furan rings is 2. The quantitative estimate of drug-likeness (QED) is 0.169. The first-order valence-corrected chi connectivity index (χ1v) is 18.4. The molecule has 0 aliphatic heterocycles. The molecule has 4 aromatic heterocycles. The molecule has 0 radical (unpaired) electrons. The Balaban J connectivity index is 1.18. The van der Waals surface area contributed by atoms with Crippen LogP contribution >= 0.6 is 0 Å². The number of fused-ring (bicyclic) bond motifs is 6. The molecule has 4 heterocycles. The molecule has 11 aromatic rings. The minimum atomic E-state index is 0.532. The van der Waals surface area contributed by atoms with Crippen LogP contribution in [0.4, 0.5) is 0 Å². The van der Waals surface area contributed by atoms with Gasteiger partial charge >= 0.3 is 0 Å². The number of hydrogen-bond acceptors (Lipinski definition) is 7. The van der Waals surface area contributed by atoms with Gasteiger partial charge in [0.05, 0.1) is 0 Å². The van der Waals surface area contributed by atoms with Crippen LogP contribution in [0, 0.1) is 0 Å². The van der Waals surface area contributed by atoms with Crippen LogP contribution in [0.2, 0.25) is 0 Å². The lowest BCUT2D eigenvalue weighted by atomic mass is 9.95. The van der Waals surface area contributed by atoms with Gasteiger partial charge in [-0.05, 0) is 47.5 Å². The molecule has 0 saturated heterocycles. The second kappa shape index (κ2) is 13.0.